The summed E-state index contributed by atoms with van der Waals surface area (Å²) in [6, 6.07) is 10.6. The van der Waals surface area contributed by atoms with Gasteiger partial charge in [0.15, 0.2) is 5.89 Å². The Morgan fingerprint density at radius 3 is 2.37 bits per heavy atom. The molecule has 51 heavy (non-hydrogen) atoms. The van der Waals surface area contributed by atoms with Crippen LogP contribution in [0.2, 0.25) is 0 Å². The second-order valence-electron chi connectivity index (χ2n) is 16.5. The van der Waals surface area contributed by atoms with E-state index in [2.05, 4.69) is 45.9 Å². The van der Waals surface area contributed by atoms with Gasteiger partial charge >= 0.3 is 6.09 Å². The van der Waals surface area contributed by atoms with Gasteiger partial charge in [-0.15, -0.1) is 0 Å². The van der Waals surface area contributed by atoms with E-state index in [0.717, 1.165) is 62.0 Å². The summed E-state index contributed by atoms with van der Waals surface area (Å²) in [7, 11) is 1.73. The lowest BCUT2D eigenvalue weighted by Gasteiger charge is -2.55. The zero-order valence-electron chi connectivity index (χ0n) is 31.0. The summed E-state index contributed by atoms with van der Waals surface area (Å²) in [5, 5.41) is 9.58. The van der Waals surface area contributed by atoms with E-state index in [0.29, 0.717) is 57.0 Å². The molecule has 0 spiro atoms. The molecule has 3 aromatic rings. The van der Waals surface area contributed by atoms with E-state index in [1.54, 1.807) is 19.6 Å². The molecule has 10 heteroatoms. The molecule has 2 aromatic heterocycles. The molecule has 0 radical (unpaired) electrons. The maximum Gasteiger partial charge on any atom is 0.410 e. The van der Waals surface area contributed by atoms with Crippen LogP contribution in [0.5, 0.6) is 5.75 Å². The second-order valence-corrected chi connectivity index (χ2v) is 16.5. The molecule has 4 saturated carbocycles. The first-order valence-corrected chi connectivity index (χ1v) is 19.0. The van der Waals surface area contributed by atoms with Crippen LogP contribution in [-0.2, 0) is 20.4 Å². The van der Waals surface area contributed by atoms with E-state index in [-0.39, 0.29) is 40.3 Å². The van der Waals surface area contributed by atoms with Crippen molar-refractivity contribution in [2.75, 3.05) is 31.6 Å². The number of amides is 2. The molecule has 8 rings (SSSR count). The summed E-state index contributed by atoms with van der Waals surface area (Å²) in [4.78, 5) is 40.4. The van der Waals surface area contributed by atoms with E-state index in [1.165, 1.54) is 16.0 Å². The number of nitrogens with zero attached hydrogens (tertiary/aromatic N) is 4. The van der Waals surface area contributed by atoms with Crippen LogP contribution >= 0.6 is 0 Å². The van der Waals surface area contributed by atoms with Crippen LogP contribution in [0, 0.1) is 18.3 Å². The molecule has 3 heterocycles. The van der Waals surface area contributed by atoms with Crippen LogP contribution in [0.3, 0.4) is 0 Å². The number of aliphatic hydroxyl groups excluding tert-OH is 1. The third-order valence-corrected chi connectivity index (χ3v) is 12.9. The third kappa shape index (κ3) is 7.00. The number of fused-ring (bicyclic) bond motifs is 3. The first-order valence-electron chi connectivity index (χ1n) is 19.0. The monoisotopic (exact) mass is 698 g/mol. The summed E-state index contributed by atoms with van der Waals surface area (Å²) in [5.74, 6) is 2.22. The van der Waals surface area contributed by atoms with Crippen molar-refractivity contribution in [3.8, 4) is 17.0 Å². The number of likely N-dealkylation sites (tertiary alicyclic amines) is 1. The van der Waals surface area contributed by atoms with Crippen molar-refractivity contribution in [2.24, 2.45) is 11.3 Å². The van der Waals surface area contributed by atoms with Crippen LogP contribution in [0.4, 0.5) is 10.6 Å². The highest BCUT2D eigenvalue weighted by molar-refractivity contribution is 5.95. The average Bonchev–Trinajstić information content (AvgIpc) is 3.65. The molecule has 10 nitrogen and oxygen atoms in total. The number of benzene rings is 1. The molecule has 5 aliphatic rings. The standard InChI is InChI=1S/C41H54N4O6/c1-6-39(3,4)37-43-33(25-50-37)29-13-20-42-35(22-29)45(36(47)28-7-10-32(11-8-28)51-38(48)44-23-31(46)24-44)26-40-14-17-41(18-15-40,19-16-40)30-9-12-34(49-5)27(2)21-30/h9,12-13,20-22,25,28,31-32,46H,6-8,10-11,14-19,23-24,26H2,1-5H3. The third-order valence-electron chi connectivity index (χ3n) is 12.9. The van der Waals surface area contributed by atoms with Gasteiger partial charge in [0, 0.05) is 29.6 Å². The summed E-state index contributed by atoms with van der Waals surface area (Å²) >= 11 is 0. The summed E-state index contributed by atoms with van der Waals surface area (Å²) < 4.78 is 17.3. The Kier molecular flexibility index (Phi) is 9.67. The van der Waals surface area contributed by atoms with Gasteiger partial charge in [0.05, 0.1) is 26.3 Å². The fraction of sp³-hybridized carbons (Fsp3) is 0.610. The van der Waals surface area contributed by atoms with Crippen molar-refractivity contribution in [2.45, 2.75) is 121 Å². The number of methoxy groups -OCH3 is 1. The zero-order valence-corrected chi connectivity index (χ0v) is 31.0. The van der Waals surface area contributed by atoms with Crippen LogP contribution < -0.4 is 9.64 Å². The Labute approximate surface area is 301 Å². The Balaban J connectivity index is 1.11. The number of anilines is 1. The lowest BCUT2D eigenvalue weighted by atomic mass is 9.51. The molecule has 1 N–H and O–H groups in total. The fourth-order valence-electron chi connectivity index (χ4n) is 8.81. The molecular weight excluding hydrogens is 644 g/mol. The molecule has 0 atom stereocenters. The van der Waals surface area contributed by atoms with Gasteiger partial charge < -0.3 is 23.9 Å². The molecule has 1 aromatic carbocycles. The molecule has 0 unspecified atom stereocenters. The minimum Gasteiger partial charge on any atom is -0.496 e. The van der Waals surface area contributed by atoms with Crippen LogP contribution in [0.25, 0.3) is 11.3 Å². The minimum atomic E-state index is -0.464. The number of hydrogen-bond acceptors (Lipinski definition) is 8. The topological polar surface area (TPSA) is 118 Å². The lowest BCUT2D eigenvalue weighted by molar-refractivity contribution is -0.124. The maximum atomic E-state index is 14.7. The van der Waals surface area contributed by atoms with Gasteiger partial charge in [0.2, 0.25) is 5.91 Å². The van der Waals surface area contributed by atoms with Crippen molar-refractivity contribution < 1.29 is 28.6 Å². The fourth-order valence-corrected chi connectivity index (χ4v) is 8.81. The van der Waals surface area contributed by atoms with E-state index in [4.69, 9.17) is 23.9 Å². The van der Waals surface area contributed by atoms with Gasteiger partial charge in [-0.3, -0.25) is 9.69 Å². The number of carbonyl (C=O) groups excluding carboxylic acids is 2. The number of ether oxygens (including phenoxy) is 2. The van der Waals surface area contributed by atoms with Gasteiger partial charge in [0.25, 0.3) is 0 Å². The summed E-state index contributed by atoms with van der Waals surface area (Å²) in [5.41, 5.74) is 4.23. The Morgan fingerprint density at radius 2 is 1.75 bits per heavy atom. The van der Waals surface area contributed by atoms with Crippen molar-refractivity contribution in [3.05, 3.63) is 59.8 Å². The summed E-state index contributed by atoms with van der Waals surface area (Å²) in [6.07, 6.45) is 12.4. The second kappa shape index (κ2) is 13.9. The smallest absolute Gasteiger partial charge is 0.410 e. The number of aromatic nitrogens is 2. The lowest BCUT2D eigenvalue weighted by Crippen LogP contribution is -2.54. The van der Waals surface area contributed by atoms with Crippen LogP contribution in [0.15, 0.2) is 47.2 Å². The van der Waals surface area contributed by atoms with Crippen molar-refractivity contribution in [1.82, 2.24) is 14.9 Å². The molecule has 2 amide bonds. The van der Waals surface area contributed by atoms with Crippen LogP contribution in [-0.4, -0.2) is 70.9 Å². The Morgan fingerprint density at radius 1 is 1.04 bits per heavy atom. The van der Waals surface area contributed by atoms with Gasteiger partial charge in [-0.05, 0) is 118 Å². The van der Waals surface area contributed by atoms with Gasteiger partial charge in [0.1, 0.15) is 29.6 Å². The quantitative estimate of drug-likeness (QED) is 0.229. The van der Waals surface area contributed by atoms with E-state index >= 15 is 0 Å². The zero-order chi connectivity index (χ0) is 36.0. The minimum absolute atomic E-state index is 0.0251. The number of hydrogen-bond donors (Lipinski definition) is 1. The van der Waals surface area contributed by atoms with Crippen molar-refractivity contribution >= 4 is 17.8 Å². The maximum absolute atomic E-state index is 14.7. The highest BCUT2D eigenvalue weighted by Crippen LogP contribution is 2.58. The number of aryl methyl sites for hydroxylation is 1. The van der Waals surface area contributed by atoms with Gasteiger partial charge in [-0.25, -0.2) is 14.8 Å². The van der Waals surface area contributed by atoms with E-state index in [9.17, 15) is 14.7 Å². The Bertz CT molecular complexity index is 1710. The molecule has 1 saturated heterocycles. The number of oxazole rings is 1. The highest BCUT2D eigenvalue weighted by atomic mass is 16.6. The first kappa shape index (κ1) is 35.5. The largest absolute Gasteiger partial charge is 0.496 e. The van der Waals surface area contributed by atoms with E-state index in [1.807, 2.05) is 17.0 Å². The van der Waals surface area contributed by atoms with Crippen LogP contribution in [0.1, 0.15) is 108 Å². The first-order chi connectivity index (χ1) is 24.4. The number of rotatable bonds is 10. The molecule has 2 bridgehead atoms. The Hall–Kier alpha value is -3.92. The van der Waals surface area contributed by atoms with Crippen molar-refractivity contribution in [3.63, 3.8) is 0 Å². The normalized spacial score (nSPS) is 26.4. The molecule has 274 valence electrons. The summed E-state index contributed by atoms with van der Waals surface area (Å²) in [6.45, 7) is 9.79. The number of aliphatic hydroxyl groups is 1. The molecule has 5 fully saturated rings. The number of pyridine rings is 1. The number of carbonyl (C=O) groups is 2. The predicted molar refractivity (Wildman–Crippen MR) is 195 cm³/mol. The highest BCUT2D eigenvalue weighted by Gasteiger charge is 2.51. The van der Waals surface area contributed by atoms with E-state index < -0.39 is 6.10 Å². The SMILES string of the molecule is CCC(C)(C)c1nc(-c2ccnc(N(CC34CCC(c5ccc(OC)c(C)c5)(CC3)CC4)C(=O)C3CCC(OC(=O)N4CC(O)C4)CC3)c2)co1. The van der Waals surface area contributed by atoms with Gasteiger partial charge in [-0.1, -0.05) is 32.9 Å². The molecule has 1 aliphatic heterocycles. The molecular formula is C41H54N4O6. The average molecular weight is 699 g/mol. The predicted octanol–water partition coefficient (Wildman–Crippen LogP) is 7.74. The molecule has 4 aliphatic carbocycles. The van der Waals surface area contributed by atoms with Crippen molar-refractivity contribution in [1.29, 1.82) is 0 Å². The number of β-amino-alcohol motifs (C(OH)–C–C–N with tert-alkyl or cyclic N) is 1. The van der Waals surface area contributed by atoms with Gasteiger partial charge in [-0.2, -0.15) is 0 Å².